The summed E-state index contributed by atoms with van der Waals surface area (Å²) >= 11 is 0. The highest BCUT2D eigenvalue weighted by Crippen LogP contribution is 2.25. The van der Waals surface area contributed by atoms with Gasteiger partial charge in [0.05, 0.1) is 18.4 Å². The van der Waals surface area contributed by atoms with E-state index in [4.69, 9.17) is 20.6 Å². The Bertz CT molecular complexity index is 1050. The van der Waals surface area contributed by atoms with Crippen LogP contribution in [0.3, 0.4) is 0 Å². The van der Waals surface area contributed by atoms with E-state index in [1.807, 2.05) is 0 Å². The van der Waals surface area contributed by atoms with Crippen LogP contribution in [0.4, 0.5) is 5.69 Å². The second-order valence-electron chi connectivity index (χ2n) is 5.20. The lowest BCUT2D eigenvalue weighted by atomic mass is 10.1. The summed E-state index contributed by atoms with van der Waals surface area (Å²) in [6.07, 6.45) is 0. The van der Waals surface area contributed by atoms with Gasteiger partial charge in [0.2, 0.25) is 5.55 Å². The number of nitrogens with zero attached hydrogens (tertiary/aromatic N) is 1. The summed E-state index contributed by atoms with van der Waals surface area (Å²) < 4.78 is 11.0. The van der Waals surface area contributed by atoms with Crippen LogP contribution in [0, 0.1) is 0 Å². The molecule has 1 heterocycles. The Labute approximate surface area is 142 Å². The van der Waals surface area contributed by atoms with E-state index in [9.17, 15) is 9.59 Å². The van der Waals surface area contributed by atoms with E-state index >= 15 is 0 Å². The van der Waals surface area contributed by atoms with E-state index in [-0.39, 0.29) is 22.4 Å². The van der Waals surface area contributed by atoms with Gasteiger partial charge in [-0.2, -0.15) is 0 Å². The number of amides is 2. The molecule has 0 unspecified atom stereocenters. The highest BCUT2D eigenvalue weighted by atomic mass is 16.5. The van der Waals surface area contributed by atoms with Gasteiger partial charge in [0.1, 0.15) is 5.56 Å². The number of primary amides is 2. The fourth-order valence-electron chi connectivity index (χ4n) is 2.43. The van der Waals surface area contributed by atoms with Crippen LogP contribution in [0.1, 0.15) is 20.7 Å². The van der Waals surface area contributed by atoms with Crippen molar-refractivity contribution in [2.75, 3.05) is 7.11 Å². The second kappa shape index (κ2) is 6.48. The van der Waals surface area contributed by atoms with Crippen molar-refractivity contribution in [3.05, 3.63) is 65.2 Å². The standard InChI is InChI=1S/C18H15N3O4/c1-24-14-8-4-5-10-9-12(17(20)23)18(25-15(10)14)21-13-7-3-2-6-11(13)16(19)22/h2-9H,1H3,(H2,19,22)(H2,20,23). The molecular weight excluding hydrogens is 322 g/mol. The molecule has 2 amide bonds. The van der Waals surface area contributed by atoms with Crippen LogP contribution >= 0.6 is 0 Å². The monoisotopic (exact) mass is 337 g/mol. The van der Waals surface area contributed by atoms with Crippen LogP contribution in [0.15, 0.2) is 57.9 Å². The Morgan fingerprint density at radius 3 is 2.40 bits per heavy atom. The number of rotatable bonds is 4. The van der Waals surface area contributed by atoms with Gasteiger partial charge in [-0.3, -0.25) is 9.59 Å². The zero-order valence-corrected chi connectivity index (χ0v) is 13.4. The third-order valence-electron chi connectivity index (χ3n) is 3.62. The lowest BCUT2D eigenvalue weighted by molar-refractivity contribution is 0.0991. The zero-order valence-electron chi connectivity index (χ0n) is 13.4. The third kappa shape index (κ3) is 3.07. The van der Waals surface area contributed by atoms with Crippen LogP contribution in [-0.2, 0) is 0 Å². The Morgan fingerprint density at radius 2 is 1.72 bits per heavy atom. The van der Waals surface area contributed by atoms with E-state index in [2.05, 4.69) is 4.99 Å². The Morgan fingerprint density at radius 1 is 1.00 bits per heavy atom. The average molecular weight is 337 g/mol. The Kier molecular flexibility index (Phi) is 4.21. The predicted molar refractivity (Wildman–Crippen MR) is 91.5 cm³/mol. The van der Waals surface area contributed by atoms with E-state index in [1.54, 1.807) is 42.5 Å². The van der Waals surface area contributed by atoms with Crippen molar-refractivity contribution in [2.45, 2.75) is 0 Å². The number of fused-ring (bicyclic) bond motifs is 1. The molecule has 0 saturated heterocycles. The maximum absolute atomic E-state index is 11.8. The molecule has 126 valence electrons. The Balaban J connectivity index is 2.36. The quantitative estimate of drug-likeness (QED) is 0.754. The number of hydrogen-bond donors (Lipinski definition) is 2. The van der Waals surface area contributed by atoms with Gasteiger partial charge < -0.3 is 20.6 Å². The van der Waals surface area contributed by atoms with Crippen molar-refractivity contribution >= 4 is 28.5 Å². The van der Waals surface area contributed by atoms with E-state index in [0.717, 1.165) is 0 Å². The molecule has 0 radical (unpaired) electrons. The van der Waals surface area contributed by atoms with Gasteiger partial charge in [0.25, 0.3) is 11.8 Å². The molecule has 0 aliphatic rings. The van der Waals surface area contributed by atoms with Gasteiger partial charge in [0.15, 0.2) is 11.3 Å². The molecule has 1 aromatic heterocycles. The molecule has 3 rings (SSSR count). The second-order valence-corrected chi connectivity index (χ2v) is 5.20. The van der Waals surface area contributed by atoms with Crippen molar-refractivity contribution in [2.24, 2.45) is 16.5 Å². The minimum absolute atomic E-state index is 0.0294. The summed E-state index contributed by atoms with van der Waals surface area (Å²) in [5.74, 6) is -0.865. The number of para-hydroxylation sites is 2. The molecule has 0 spiro atoms. The van der Waals surface area contributed by atoms with E-state index in [1.165, 1.54) is 13.2 Å². The molecule has 3 aromatic rings. The first kappa shape index (κ1) is 16.3. The average Bonchev–Trinajstić information content (AvgIpc) is 2.60. The van der Waals surface area contributed by atoms with Crippen LogP contribution in [0.2, 0.25) is 0 Å². The smallest absolute Gasteiger partial charge is 0.254 e. The first-order valence-electron chi connectivity index (χ1n) is 7.35. The Hall–Kier alpha value is -3.61. The van der Waals surface area contributed by atoms with Crippen molar-refractivity contribution < 1.29 is 18.7 Å². The lowest BCUT2D eigenvalue weighted by Gasteiger charge is -2.06. The number of ether oxygens (including phenoxy) is 1. The van der Waals surface area contributed by atoms with Gasteiger partial charge in [-0.25, -0.2) is 4.99 Å². The van der Waals surface area contributed by atoms with Gasteiger partial charge in [0, 0.05) is 5.39 Å². The summed E-state index contributed by atoms with van der Waals surface area (Å²) in [6.45, 7) is 0. The topological polar surface area (TPSA) is 121 Å². The van der Waals surface area contributed by atoms with Crippen LogP contribution in [-0.4, -0.2) is 18.9 Å². The van der Waals surface area contributed by atoms with Crippen LogP contribution in [0.5, 0.6) is 5.75 Å². The van der Waals surface area contributed by atoms with Crippen LogP contribution in [0.25, 0.3) is 11.0 Å². The largest absolute Gasteiger partial charge is 0.493 e. The van der Waals surface area contributed by atoms with Gasteiger partial charge in [-0.15, -0.1) is 0 Å². The van der Waals surface area contributed by atoms with E-state index in [0.29, 0.717) is 16.7 Å². The molecule has 0 fully saturated rings. The molecule has 25 heavy (non-hydrogen) atoms. The van der Waals surface area contributed by atoms with Crippen molar-refractivity contribution in [3.63, 3.8) is 0 Å². The van der Waals surface area contributed by atoms with Crippen molar-refractivity contribution in [1.82, 2.24) is 0 Å². The molecule has 2 aromatic carbocycles. The van der Waals surface area contributed by atoms with Gasteiger partial charge >= 0.3 is 0 Å². The third-order valence-corrected chi connectivity index (χ3v) is 3.62. The van der Waals surface area contributed by atoms with Gasteiger partial charge in [-0.1, -0.05) is 24.3 Å². The fourth-order valence-corrected chi connectivity index (χ4v) is 2.43. The summed E-state index contributed by atoms with van der Waals surface area (Å²) in [5, 5.41) is 0.635. The molecular formula is C18H15N3O4. The first-order chi connectivity index (χ1) is 12.0. The highest BCUT2D eigenvalue weighted by Gasteiger charge is 2.13. The number of nitrogens with two attached hydrogens (primary N) is 2. The van der Waals surface area contributed by atoms with Crippen molar-refractivity contribution in [1.29, 1.82) is 0 Å². The molecule has 0 atom stereocenters. The zero-order chi connectivity index (χ0) is 18.0. The van der Waals surface area contributed by atoms with E-state index < -0.39 is 11.8 Å². The van der Waals surface area contributed by atoms with Crippen molar-refractivity contribution in [3.8, 4) is 5.75 Å². The number of carbonyl (C=O) groups excluding carboxylic acids is 2. The summed E-state index contributed by atoms with van der Waals surface area (Å²) in [7, 11) is 1.51. The molecule has 0 saturated carbocycles. The first-order valence-corrected chi connectivity index (χ1v) is 7.35. The number of hydrogen-bond acceptors (Lipinski definition) is 5. The summed E-state index contributed by atoms with van der Waals surface area (Å²) in [4.78, 5) is 27.7. The lowest BCUT2D eigenvalue weighted by Crippen LogP contribution is -2.22. The minimum atomic E-state index is -0.705. The van der Waals surface area contributed by atoms with Crippen LogP contribution < -0.4 is 21.8 Å². The number of benzene rings is 2. The van der Waals surface area contributed by atoms with Gasteiger partial charge in [-0.05, 0) is 24.3 Å². The summed E-state index contributed by atoms with van der Waals surface area (Å²) in [5.41, 5.74) is 11.7. The fraction of sp³-hybridized carbons (Fsp3) is 0.0556. The molecule has 0 bridgehead atoms. The molecule has 7 heteroatoms. The maximum atomic E-state index is 11.8. The maximum Gasteiger partial charge on any atom is 0.254 e. The number of carbonyl (C=O) groups is 2. The minimum Gasteiger partial charge on any atom is -0.493 e. The summed E-state index contributed by atoms with van der Waals surface area (Å²) in [6, 6.07) is 13.3. The number of methoxy groups -OCH3 is 1. The molecule has 7 nitrogen and oxygen atoms in total. The predicted octanol–water partition coefficient (Wildman–Crippen LogP) is 1.87. The highest BCUT2D eigenvalue weighted by molar-refractivity contribution is 5.98. The SMILES string of the molecule is COc1cccc2cc(C(N)=O)c(=Nc3ccccc3C(N)=O)oc12. The molecule has 0 aliphatic carbocycles. The molecule has 0 aliphatic heterocycles. The molecule has 4 N–H and O–H groups in total. The normalized spacial score (nSPS) is 11.5.